The monoisotopic (exact) mass is 290 g/mol. The quantitative estimate of drug-likeness (QED) is 0.625. The minimum Gasteiger partial charge on any atom is -0.493 e. The van der Waals surface area contributed by atoms with Crippen LogP contribution in [0, 0.1) is 0 Å². The van der Waals surface area contributed by atoms with Gasteiger partial charge in [-0.05, 0) is 26.0 Å². The molecule has 0 aliphatic rings. The molecule has 21 heavy (non-hydrogen) atoms. The Morgan fingerprint density at radius 1 is 1.19 bits per heavy atom. The van der Waals surface area contributed by atoms with Gasteiger partial charge in [0.15, 0.2) is 11.3 Å². The van der Waals surface area contributed by atoms with Crippen LogP contribution in [0.15, 0.2) is 39.1 Å². The Morgan fingerprint density at radius 3 is 2.57 bits per heavy atom. The summed E-state index contributed by atoms with van der Waals surface area (Å²) in [6, 6.07) is 4.73. The van der Waals surface area contributed by atoms with E-state index in [0.29, 0.717) is 34.8 Å². The van der Waals surface area contributed by atoms with Crippen molar-refractivity contribution < 1.29 is 18.6 Å². The van der Waals surface area contributed by atoms with Crippen molar-refractivity contribution in [2.75, 3.05) is 20.8 Å². The number of fused-ring (bicyclic) bond motifs is 1. The summed E-state index contributed by atoms with van der Waals surface area (Å²) < 4.78 is 21.5. The first-order valence-corrected chi connectivity index (χ1v) is 6.51. The number of methoxy groups -OCH3 is 2. The molecule has 0 saturated carbocycles. The van der Waals surface area contributed by atoms with Gasteiger partial charge in [-0.2, -0.15) is 0 Å². The van der Waals surface area contributed by atoms with E-state index >= 15 is 0 Å². The molecule has 0 spiro atoms. The molecule has 0 radical (unpaired) electrons. The number of rotatable bonds is 5. The van der Waals surface area contributed by atoms with Crippen molar-refractivity contribution in [3.8, 4) is 17.2 Å². The molecule has 0 aliphatic heterocycles. The Balaban J connectivity index is 2.59. The van der Waals surface area contributed by atoms with Crippen LogP contribution < -0.4 is 19.8 Å². The van der Waals surface area contributed by atoms with Gasteiger partial charge >= 0.3 is 5.63 Å². The zero-order valence-corrected chi connectivity index (χ0v) is 12.6. The summed E-state index contributed by atoms with van der Waals surface area (Å²) in [6.07, 6.45) is 1.96. The largest absolute Gasteiger partial charge is 0.493 e. The molecule has 0 atom stereocenters. The van der Waals surface area contributed by atoms with Gasteiger partial charge in [-0.1, -0.05) is 5.57 Å². The van der Waals surface area contributed by atoms with Gasteiger partial charge in [-0.15, -0.1) is 0 Å². The third-order valence-electron chi connectivity index (χ3n) is 2.95. The third-order valence-corrected chi connectivity index (χ3v) is 2.95. The lowest BCUT2D eigenvalue weighted by Gasteiger charge is -2.13. The van der Waals surface area contributed by atoms with Crippen LogP contribution in [-0.4, -0.2) is 20.8 Å². The molecule has 2 rings (SSSR count). The summed E-state index contributed by atoms with van der Waals surface area (Å²) in [5.74, 6) is 1.40. The van der Waals surface area contributed by atoms with E-state index in [1.165, 1.54) is 20.3 Å². The molecule has 1 heterocycles. The van der Waals surface area contributed by atoms with Gasteiger partial charge in [0, 0.05) is 12.1 Å². The zero-order valence-electron chi connectivity index (χ0n) is 12.6. The number of benzene rings is 1. The molecule has 5 heteroatoms. The lowest BCUT2D eigenvalue weighted by atomic mass is 10.2. The van der Waals surface area contributed by atoms with Gasteiger partial charge in [0.05, 0.1) is 19.6 Å². The minimum absolute atomic E-state index is 0.316. The van der Waals surface area contributed by atoms with Gasteiger partial charge in [-0.3, -0.25) is 0 Å². The molecule has 1 aromatic carbocycles. The van der Waals surface area contributed by atoms with Gasteiger partial charge in [0.25, 0.3) is 0 Å². The highest BCUT2D eigenvalue weighted by Crippen LogP contribution is 2.40. The van der Waals surface area contributed by atoms with Crippen molar-refractivity contribution in [2.24, 2.45) is 0 Å². The first-order valence-electron chi connectivity index (χ1n) is 6.51. The first kappa shape index (κ1) is 15.0. The summed E-state index contributed by atoms with van der Waals surface area (Å²) in [5, 5.41) is 0.661. The Morgan fingerprint density at radius 2 is 1.95 bits per heavy atom. The molecule has 0 amide bonds. The third kappa shape index (κ3) is 3.18. The Bertz CT molecular complexity index is 723. The Kier molecular flexibility index (Phi) is 4.52. The molecule has 112 valence electrons. The SMILES string of the molecule is COc1cc(OCC=C(C)C)c2ccc(=O)oc2c1OC. The molecule has 0 fully saturated rings. The van der Waals surface area contributed by atoms with E-state index < -0.39 is 5.63 Å². The van der Waals surface area contributed by atoms with Crippen LogP contribution in [0.3, 0.4) is 0 Å². The Hall–Kier alpha value is -2.43. The number of allylic oxidation sites excluding steroid dienone is 1. The smallest absolute Gasteiger partial charge is 0.336 e. The van der Waals surface area contributed by atoms with E-state index in [2.05, 4.69) is 0 Å². The lowest BCUT2D eigenvalue weighted by molar-refractivity contribution is 0.339. The second-order valence-electron chi connectivity index (χ2n) is 4.70. The average Bonchev–Trinajstić information content (AvgIpc) is 2.45. The molecule has 0 N–H and O–H groups in total. The predicted octanol–water partition coefficient (Wildman–Crippen LogP) is 3.16. The summed E-state index contributed by atoms with van der Waals surface area (Å²) in [4.78, 5) is 11.5. The van der Waals surface area contributed by atoms with Gasteiger partial charge in [0.1, 0.15) is 12.4 Å². The highest BCUT2D eigenvalue weighted by atomic mass is 16.5. The van der Waals surface area contributed by atoms with Crippen LogP contribution in [0.25, 0.3) is 11.0 Å². The number of hydrogen-bond donors (Lipinski definition) is 0. The molecule has 0 aliphatic carbocycles. The normalized spacial score (nSPS) is 10.3. The van der Waals surface area contributed by atoms with Crippen LogP contribution in [-0.2, 0) is 0 Å². The van der Waals surface area contributed by atoms with Crippen molar-refractivity contribution in [1.82, 2.24) is 0 Å². The van der Waals surface area contributed by atoms with Crippen molar-refractivity contribution >= 4 is 11.0 Å². The molecule has 5 nitrogen and oxygen atoms in total. The highest BCUT2D eigenvalue weighted by molar-refractivity contribution is 5.91. The van der Waals surface area contributed by atoms with Crippen LogP contribution in [0.5, 0.6) is 17.2 Å². The van der Waals surface area contributed by atoms with E-state index in [-0.39, 0.29) is 0 Å². The maximum atomic E-state index is 11.5. The summed E-state index contributed by atoms with van der Waals surface area (Å²) in [7, 11) is 3.01. The molecule has 2 aromatic rings. The fourth-order valence-corrected chi connectivity index (χ4v) is 1.92. The van der Waals surface area contributed by atoms with Gasteiger partial charge in [0.2, 0.25) is 5.75 Å². The van der Waals surface area contributed by atoms with Crippen LogP contribution in [0.4, 0.5) is 0 Å². The standard InChI is InChI=1S/C16H18O5/c1-10(2)7-8-20-12-9-13(18-3)16(19-4)15-11(12)5-6-14(17)21-15/h5-7,9H,8H2,1-4H3. The van der Waals surface area contributed by atoms with Crippen LogP contribution in [0.2, 0.25) is 0 Å². The lowest BCUT2D eigenvalue weighted by Crippen LogP contribution is -2.01. The topological polar surface area (TPSA) is 57.9 Å². The number of hydrogen-bond acceptors (Lipinski definition) is 5. The van der Waals surface area contributed by atoms with Crippen molar-refractivity contribution in [3.63, 3.8) is 0 Å². The van der Waals surface area contributed by atoms with Crippen molar-refractivity contribution in [3.05, 3.63) is 40.3 Å². The minimum atomic E-state index is -0.454. The van der Waals surface area contributed by atoms with E-state index in [1.807, 2.05) is 19.9 Å². The van der Waals surface area contributed by atoms with Gasteiger partial charge in [-0.25, -0.2) is 4.79 Å². The first-order chi connectivity index (χ1) is 10.1. The molecule has 0 bridgehead atoms. The molecule has 0 unspecified atom stereocenters. The summed E-state index contributed by atoms with van der Waals surface area (Å²) in [6.45, 7) is 4.41. The van der Waals surface area contributed by atoms with Crippen molar-refractivity contribution in [2.45, 2.75) is 13.8 Å². The maximum absolute atomic E-state index is 11.5. The van der Waals surface area contributed by atoms with E-state index in [0.717, 1.165) is 5.57 Å². The highest BCUT2D eigenvalue weighted by Gasteiger charge is 2.17. The zero-order chi connectivity index (χ0) is 15.4. The van der Waals surface area contributed by atoms with E-state index in [9.17, 15) is 4.79 Å². The fourth-order valence-electron chi connectivity index (χ4n) is 1.92. The van der Waals surface area contributed by atoms with Crippen molar-refractivity contribution in [1.29, 1.82) is 0 Å². The Labute approximate surface area is 122 Å². The van der Waals surface area contributed by atoms with Gasteiger partial charge < -0.3 is 18.6 Å². The number of ether oxygens (including phenoxy) is 3. The maximum Gasteiger partial charge on any atom is 0.336 e. The van der Waals surface area contributed by atoms with Crippen LogP contribution in [0.1, 0.15) is 13.8 Å². The van der Waals surface area contributed by atoms with Crippen LogP contribution >= 0.6 is 0 Å². The summed E-state index contributed by atoms with van der Waals surface area (Å²) >= 11 is 0. The predicted molar refractivity (Wildman–Crippen MR) is 80.5 cm³/mol. The summed E-state index contributed by atoms with van der Waals surface area (Å²) in [5.41, 5.74) is 1.02. The van der Waals surface area contributed by atoms with E-state index in [1.54, 1.807) is 12.1 Å². The van der Waals surface area contributed by atoms with E-state index in [4.69, 9.17) is 18.6 Å². The molecule has 0 saturated heterocycles. The second kappa shape index (κ2) is 6.35. The second-order valence-corrected chi connectivity index (χ2v) is 4.70. The molecular weight excluding hydrogens is 272 g/mol. The molecule has 1 aromatic heterocycles. The molecular formula is C16H18O5. The fraction of sp³-hybridized carbons (Fsp3) is 0.312. The average molecular weight is 290 g/mol.